The van der Waals surface area contributed by atoms with Crippen molar-refractivity contribution in [2.75, 3.05) is 12.9 Å². The lowest BCUT2D eigenvalue weighted by molar-refractivity contribution is -0.384. The predicted octanol–water partition coefficient (Wildman–Crippen LogP) is 3.24. The highest BCUT2D eigenvalue weighted by Gasteiger charge is 2.18. The molecule has 0 aromatic heterocycles. The van der Waals surface area contributed by atoms with Crippen molar-refractivity contribution >= 4 is 22.5 Å². The van der Waals surface area contributed by atoms with Crippen molar-refractivity contribution in [3.05, 3.63) is 64.2 Å². The summed E-state index contributed by atoms with van der Waals surface area (Å²) in [5.41, 5.74) is 2.06. The first-order valence-corrected chi connectivity index (χ1v) is 8.60. The van der Waals surface area contributed by atoms with E-state index >= 15 is 0 Å². The summed E-state index contributed by atoms with van der Waals surface area (Å²) in [6.07, 6.45) is 0. The molecule has 0 heterocycles. The second-order valence-electron chi connectivity index (χ2n) is 5.14. The van der Waals surface area contributed by atoms with Crippen LogP contribution in [0.5, 0.6) is 0 Å². The van der Waals surface area contributed by atoms with E-state index in [9.17, 15) is 19.1 Å². The average Bonchev–Trinajstić information content (AvgIpc) is 2.61. The first kappa shape index (κ1) is 17.8. The molecule has 0 aliphatic heterocycles. The van der Waals surface area contributed by atoms with Gasteiger partial charge in [-0.1, -0.05) is 36.4 Å². The van der Waals surface area contributed by atoms with Crippen LogP contribution in [0, 0.1) is 10.1 Å². The molecule has 0 radical (unpaired) electrons. The van der Waals surface area contributed by atoms with E-state index in [1.807, 2.05) is 0 Å². The second kappa shape index (κ2) is 7.83. The molecule has 0 amide bonds. The molecule has 6 nitrogen and oxygen atoms in total. The van der Waals surface area contributed by atoms with Gasteiger partial charge in [-0.3, -0.25) is 19.1 Å². The number of carbonyl (C=O) groups excluding carboxylic acids is 1. The van der Waals surface area contributed by atoms with Gasteiger partial charge in [0.2, 0.25) is 0 Å². The van der Waals surface area contributed by atoms with Crippen molar-refractivity contribution in [2.24, 2.45) is 0 Å². The molecule has 0 aliphatic rings. The van der Waals surface area contributed by atoms with Crippen LogP contribution in [0.25, 0.3) is 11.1 Å². The van der Waals surface area contributed by atoms with Crippen LogP contribution in [0.15, 0.2) is 48.5 Å². The van der Waals surface area contributed by atoms with Crippen LogP contribution in [0.2, 0.25) is 0 Å². The van der Waals surface area contributed by atoms with Crippen LogP contribution in [0.1, 0.15) is 17.7 Å². The molecule has 24 heavy (non-hydrogen) atoms. The van der Waals surface area contributed by atoms with Crippen molar-refractivity contribution in [3.63, 3.8) is 0 Å². The minimum Gasteiger partial charge on any atom is -0.468 e. The summed E-state index contributed by atoms with van der Waals surface area (Å²) in [7, 11) is -0.136. The van der Waals surface area contributed by atoms with E-state index < -0.39 is 21.7 Å². The number of esters is 1. The van der Waals surface area contributed by atoms with Gasteiger partial charge < -0.3 is 4.74 Å². The molecular weight excluding hydrogens is 330 g/mol. The van der Waals surface area contributed by atoms with Gasteiger partial charge in [-0.2, -0.15) is 0 Å². The number of nitro benzene ring substituents is 1. The Morgan fingerprint density at radius 1 is 1.21 bits per heavy atom. The maximum absolute atomic E-state index is 12.1. The molecule has 126 valence electrons. The number of rotatable bonds is 6. The molecule has 2 rings (SSSR count). The number of hydrogen-bond donors (Lipinski definition) is 0. The highest BCUT2D eigenvalue weighted by Crippen LogP contribution is 2.31. The zero-order valence-electron chi connectivity index (χ0n) is 13.3. The average molecular weight is 347 g/mol. The Bertz CT molecular complexity index is 773. The van der Waals surface area contributed by atoms with Gasteiger partial charge >= 0.3 is 5.97 Å². The summed E-state index contributed by atoms with van der Waals surface area (Å²) >= 11 is 0. The van der Waals surface area contributed by atoms with Crippen LogP contribution in [-0.2, 0) is 20.3 Å². The van der Waals surface area contributed by atoms with Crippen LogP contribution >= 0.6 is 0 Å². The van der Waals surface area contributed by atoms with Gasteiger partial charge in [-0.05, 0) is 24.1 Å². The van der Waals surface area contributed by atoms with Gasteiger partial charge in [-0.15, -0.1) is 0 Å². The zero-order chi connectivity index (χ0) is 17.7. The molecule has 0 saturated carbocycles. The van der Waals surface area contributed by atoms with E-state index in [0.29, 0.717) is 11.1 Å². The maximum Gasteiger partial charge on any atom is 0.318 e. The minimum atomic E-state index is -1.39. The lowest BCUT2D eigenvalue weighted by atomic mass is 10.0. The number of para-hydroxylation sites is 1. The molecule has 0 aliphatic carbocycles. The molecular formula is C17H17NO5S. The normalized spacial score (nSPS) is 13.1. The van der Waals surface area contributed by atoms with Crippen molar-refractivity contribution in [2.45, 2.75) is 12.2 Å². The molecule has 0 spiro atoms. The number of ether oxygens (including phenoxy) is 1. The summed E-state index contributed by atoms with van der Waals surface area (Å²) in [4.78, 5) is 21.9. The third-order valence-electron chi connectivity index (χ3n) is 3.67. The van der Waals surface area contributed by atoms with Gasteiger partial charge in [-0.25, -0.2) is 0 Å². The standard InChI is InChI=1S/C17H17NO5S/c1-12(24(22)11-17(19)23-2)13-7-9-14(10-8-13)15-5-3-4-6-16(15)18(20)21/h3-10,12H,11H2,1-2H3. The zero-order valence-corrected chi connectivity index (χ0v) is 14.1. The molecule has 2 aromatic carbocycles. The maximum atomic E-state index is 12.1. The third-order valence-corrected chi connectivity index (χ3v) is 5.26. The molecule has 0 bridgehead atoms. The Hall–Kier alpha value is -2.54. The van der Waals surface area contributed by atoms with E-state index in [0.717, 1.165) is 5.56 Å². The monoisotopic (exact) mass is 347 g/mol. The Kier molecular flexibility index (Phi) is 5.81. The van der Waals surface area contributed by atoms with Gasteiger partial charge in [0.05, 0.1) is 22.8 Å². The topological polar surface area (TPSA) is 86.5 Å². The molecule has 0 N–H and O–H groups in total. The van der Waals surface area contributed by atoms with E-state index in [2.05, 4.69) is 4.74 Å². The van der Waals surface area contributed by atoms with Crippen LogP contribution in [0.4, 0.5) is 5.69 Å². The summed E-state index contributed by atoms with van der Waals surface area (Å²) in [6.45, 7) is 1.76. The first-order chi connectivity index (χ1) is 11.4. The van der Waals surface area contributed by atoms with Crippen molar-refractivity contribution in [1.29, 1.82) is 0 Å². The fourth-order valence-corrected chi connectivity index (χ4v) is 3.32. The SMILES string of the molecule is COC(=O)CS(=O)C(C)c1ccc(-c2ccccc2[N+](=O)[O-])cc1. The highest BCUT2D eigenvalue weighted by atomic mass is 32.2. The number of benzene rings is 2. The fourth-order valence-electron chi connectivity index (χ4n) is 2.26. The number of methoxy groups -OCH3 is 1. The molecule has 0 fully saturated rings. The largest absolute Gasteiger partial charge is 0.468 e. The van der Waals surface area contributed by atoms with Crippen molar-refractivity contribution < 1.29 is 18.7 Å². The molecule has 0 saturated heterocycles. The Morgan fingerprint density at radius 3 is 2.42 bits per heavy atom. The molecule has 2 atom stereocenters. The van der Waals surface area contributed by atoms with E-state index in [4.69, 9.17) is 0 Å². The number of hydrogen-bond acceptors (Lipinski definition) is 5. The summed E-state index contributed by atoms with van der Waals surface area (Å²) < 4.78 is 16.7. The van der Waals surface area contributed by atoms with E-state index in [1.54, 1.807) is 49.4 Å². The van der Waals surface area contributed by atoms with Crippen molar-refractivity contribution in [3.8, 4) is 11.1 Å². The molecule has 2 aromatic rings. The van der Waals surface area contributed by atoms with Crippen LogP contribution in [0.3, 0.4) is 0 Å². The molecule has 7 heteroatoms. The van der Waals surface area contributed by atoms with Crippen molar-refractivity contribution in [1.82, 2.24) is 0 Å². The minimum absolute atomic E-state index is 0.0348. The highest BCUT2D eigenvalue weighted by molar-refractivity contribution is 7.85. The number of nitrogens with zero attached hydrogens (tertiary/aromatic N) is 1. The van der Waals surface area contributed by atoms with Gasteiger partial charge in [0.1, 0.15) is 5.75 Å². The predicted molar refractivity (Wildman–Crippen MR) is 92.0 cm³/mol. The quantitative estimate of drug-likeness (QED) is 0.455. The summed E-state index contributed by atoms with van der Waals surface area (Å²) in [6, 6.07) is 13.5. The van der Waals surface area contributed by atoms with Crippen LogP contribution < -0.4 is 0 Å². The van der Waals surface area contributed by atoms with E-state index in [1.165, 1.54) is 13.2 Å². The van der Waals surface area contributed by atoms with E-state index in [-0.39, 0.29) is 16.7 Å². The van der Waals surface area contributed by atoms with Gasteiger partial charge in [0.25, 0.3) is 5.69 Å². The second-order valence-corrected chi connectivity index (χ2v) is 6.90. The lowest BCUT2D eigenvalue weighted by Crippen LogP contribution is -2.16. The summed E-state index contributed by atoms with van der Waals surface area (Å²) in [5, 5.41) is 10.8. The fraction of sp³-hybridized carbons (Fsp3) is 0.235. The first-order valence-electron chi connectivity index (χ1n) is 7.21. The number of carbonyl (C=O) groups is 1. The molecule has 2 unspecified atom stereocenters. The summed E-state index contributed by atoms with van der Waals surface area (Å²) in [5.74, 6) is -0.680. The number of nitro groups is 1. The lowest BCUT2D eigenvalue weighted by Gasteiger charge is -2.12. The van der Waals surface area contributed by atoms with Gasteiger partial charge in [0.15, 0.2) is 0 Å². The third kappa shape index (κ3) is 4.05. The van der Waals surface area contributed by atoms with Crippen LogP contribution in [-0.4, -0.2) is 28.0 Å². The van der Waals surface area contributed by atoms with Gasteiger partial charge in [0, 0.05) is 16.9 Å². The Labute approximate surface area is 142 Å². The Morgan fingerprint density at radius 2 is 1.83 bits per heavy atom. The Balaban J connectivity index is 2.24. The smallest absolute Gasteiger partial charge is 0.318 e.